The lowest BCUT2D eigenvalue weighted by molar-refractivity contribution is 0.650. The summed E-state index contributed by atoms with van der Waals surface area (Å²) in [4.78, 5) is 19.1. The van der Waals surface area contributed by atoms with Gasteiger partial charge in [-0.3, -0.25) is 4.79 Å². The van der Waals surface area contributed by atoms with Gasteiger partial charge in [0.25, 0.3) is 5.56 Å². The standard InChI is InChI=1S/C14H14N2O/c1-8-9(2)15-13(16-14(8)17)12-7-10-5-3-4-6-11(10)12/h3-6,12H,7H2,1-2H3,(H,15,16,17). The zero-order valence-corrected chi connectivity index (χ0v) is 9.95. The summed E-state index contributed by atoms with van der Waals surface area (Å²) in [6.45, 7) is 3.69. The monoisotopic (exact) mass is 226 g/mol. The van der Waals surface area contributed by atoms with Crippen molar-refractivity contribution in [1.82, 2.24) is 9.97 Å². The molecule has 1 aromatic heterocycles. The van der Waals surface area contributed by atoms with Crippen LogP contribution >= 0.6 is 0 Å². The molecule has 1 atom stereocenters. The predicted octanol–water partition coefficient (Wildman–Crippen LogP) is 2.07. The molecule has 1 aromatic carbocycles. The Morgan fingerprint density at radius 1 is 1.29 bits per heavy atom. The van der Waals surface area contributed by atoms with Gasteiger partial charge in [-0.15, -0.1) is 0 Å². The van der Waals surface area contributed by atoms with Crippen molar-refractivity contribution in [3.63, 3.8) is 0 Å². The third-order valence-corrected chi connectivity index (χ3v) is 3.60. The fourth-order valence-electron chi connectivity index (χ4n) is 2.33. The van der Waals surface area contributed by atoms with E-state index in [2.05, 4.69) is 22.1 Å². The van der Waals surface area contributed by atoms with Crippen LogP contribution in [0.3, 0.4) is 0 Å². The second-order valence-corrected chi connectivity index (χ2v) is 4.62. The number of hydrogen-bond acceptors (Lipinski definition) is 2. The molecule has 0 aliphatic heterocycles. The van der Waals surface area contributed by atoms with E-state index in [1.165, 1.54) is 11.1 Å². The van der Waals surface area contributed by atoms with E-state index < -0.39 is 0 Å². The van der Waals surface area contributed by atoms with E-state index in [-0.39, 0.29) is 11.5 Å². The fraction of sp³-hybridized carbons (Fsp3) is 0.286. The lowest BCUT2D eigenvalue weighted by Gasteiger charge is -2.29. The van der Waals surface area contributed by atoms with Crippen molar-refractivity contribution in [1.29, 1.82) is 0 Å². The Balaban J connectivity index is 2.07. The van der Waals surface area contributed by atoms with Gasteiger partial charge in [-0.25, -0.2) is 4.98 Å². The Kier molecular flexibility index (Phi) is 2.15. The van der Waals surface area contributed by atoms with Gasteiger partial charge in [0.05, 0.1) is 0 Å². The molecule has 17 heavy (non-hydrogen) atoms. The topological polar surface area (TPSA) is 45.8 Å². The molecule has 0 amide bonds. The quantitative estimate of drug-likeness (QED) is 0.809. The number of aromatic amines is 1. The molecular weight excluding hydrogens is 212 g/mol. The molecule has 2 aromatic rings. The molecular formula is C14H14N2O. The van der Waals surface area contributed by atoms with Gasteiger partial charge >= 0.3 is 0 Å². The van der Waals surface area contributed by atoms with E-state index in [9.17, 15) is 4.79 Å². The Hall–Kier alpha value is -1.90. The minimum absolute atomic E-state index is 0.0168. The van der Waals surface area contributed by atoms with E-state index in [4.69, 9.17) is 0 Å². The van der Waals surface area contributed by atoms with Crippen LogP contribution in [-0.4, -0.2) is 9.97 Å². The first-order chi connectivity index (χ1) is 8.16. The largest absolute Gasteiger partial charge is 0.310 e. The number of nitrogens with one attached hydrogen (secondary N) is 1. The fourth-order valence-corrected chi connectivity index (χ4v) is 2.33. The normalized spacial score (nSPS) is 17.4. The van der Waals surface area contributed by atoms with E-state index in [0.717, 1.165) is 17.9 Å². The number of benzene rings is 1. The summed E-state index contributed by atoms with van der Waals surface area (Å²) in [5.41, 5.74) is 4.17. The second kappa shape index (κ2) is 3.55. The number of rotatable bonds is 1. The number of aryl methyl sites for hydroxylation is 1. The highest BCUT2D eigenvalue weighted by Crippen LogP contribution is 2.37. The molecule has 1 unspecified atom stereocenters. The van der Waals surface area contributed by atoms with Crippen LogP contribution in [0.2, 0.25) is 0 Å². The SMILES string of the molecule is Cc1nc(C2Cc3ccccc32)[nH]c(=O)c1C. The molecule has 1 heterocycles. The Morgan fingerprint density at radius 3 is 2.76 bits per heavy atom. The molecule has 0 saturated heterocycles. The Labute approximate surface area is 99.5 Å². The summed E-state index contributed by atoms with van der Waals surface area (Å²) in [5, 5.41) is 0. The van der Waals surface area contributed by atoms with Crippen LogP contribution in [-0.2, 0) is 6.42 Å². The number of fused-ring (bicyclic) bond motifs is 1. The summed E-state index contributed by atoms with van der Waals surface area (Å²) < 4.78 is 0. The van der Waals surface area contributed by atoms with Crippen LogP contribution in [0.5, 0.6) is 0 Å². The molecule has 3 rings (SSSR count). The van der Waals surface area contributed by atoms with Gasteiger partial charge in [0.15, 0.2) is 0 Å². The third kappa shape index (κ3) is 1.50. The van der Waals surface area contributed by atoms with E-state index in [1.807, 2.05) is 19.1 Å². The zero-order valence-electron chi connectivity index (χ0n) is 9.95. The number of aromatic nitrogens is 2. The molecule has 1 aliphatic rings. The zero-order chi connectivity index (χ0) is 12.0. The van der Waals surface area contributed by atoms with Gasteiger partial charge in [0.1, 0.15) is 5.82 Å². The van der Waals surface area contributed by atoms with E-state index >= 15 is 0 Å². The molecule has 1 N–H and O–H groups in total. The van der Waals surface area contributed by atoms with Crippen LogP contribution < -0.4 is 5.56 Å². The van der Waals surface area contributed by atoms with Crippen molar-refractivity contribution < 1.29 is 0 Å². The molecule has 0 bridgehead atoms. The van der Waals surface area contributed by atoms with Crippen LogP contribution in [0.1, 0.15) is 34.1 Å². The maximum atomic E-state index is 11.7. The molecule has 3 heteroatoms. The van der Waals surface area contributed by atoms with Crippen LogP contribution in [0.4, 0.5) is 0 Å². The molecule has 0 saturated carbocycles. The highest BCUT2D eigenvalue weighted by atomic mass is 16.1. The average Bonchev–Trinajstić information content (AvgIpc) is 2.27. The summed E-state index contributed by atoms with van der Waals surface area (Å²) in [7, 11) is 0. The van der Waals surface area contributed by atoms with Crippen molar-refractivity contribution in [2.45, 2.75) is 26.2 Å². The second-order valence-electron chi connectivity index (χ2n) is 4.62. The van der Waals surface area contributed by atoms with Crippen molar-refractivity contribution in [2.75, 3.05) is 0 Å². The smallest absolute Gasteiger partial charge is 0.254 e. The van der Waals surface area contributed by atoms with Crippen molar-refractivity contribution >= 4 is 0 Å². The number of H-pyrrole nitrogens is 1. The lowest BCUT2D eigenvalue weighted by atomic mass is 9.77. The first-order valence-corrected chi connectivity index (χ1v) is 5.82. The van der Waals surface area contributed by atoms with Gasteiger partial charge in [0.2, 0.25) is 0 Å². The first kappa shape index (κ1) is 10.3. The maximum Gasteiger partial charge on any atom is 0.254 e. The highest BCUT2D eigenvalue weighted by Gasteiger charge is 2.29. The summed E-state index contributed by atoms with van der Waals surface area (Å²) in [6, 6.07) is 8.32. The van der Waals surface area contributed by atoms with Crippen molar-refractivity contribution in [3.05, 3.63) is 62.8 Å². The van der Waals surface area contributed by atoms with Crippen molar-refractivity contribution in [3.8, 4) is 0 Å². The summed E-state index contributed by atoms with van der Waals surface area (Å²) >= 11 is 0. The maximum absolute atomic E-state index is 11.7. The molecule has 0 radical (unpaired) electrons. The molecule has 86 valence electrons. The number of hydrogen-bond donors (Lipinski definition) is 1. The van der Waals surface area contributed by atoms with E-state index in [0.29, 0.717) is 5.56 Å². The third-order valence-electron chi connectivity index (χ3n) is 3.60. The molecule has 0 fully saturated rings. The van der Waals surface area contributed by atoms with Gasteiger partial charge < -0.3 is 4.98 Å². The highest BCUT2D eigenvalue weighted by molar-refractivity contribution is 5.44. The van der Waals surface area contributed by atoms with Crippen LogP contribution in [0, 0.1) is 13.8 Å². The van der Waals surface area contributed by atoms with Crippen LogP contribution in [0.25, 0.3) is 0 Å². The number of nitrogens with zero attached hydrogens (tertiary/aromatic N) is 1. The minimum atomic E-state index is -0.0168. The Morgan fingerprint density at radius 2 is 2.06 bits per heavy atom. The lowest BCUT2D eigenvalue weighted by Crippen LogP contribution is -2.25. The van der Waals surface area contributed by atoms with Gasteiger partial charge in [-0.05, 0) is 31.4 Å². The molecule has 0 spiro atoms. The summed E-state index contributed by atoms with van der Waals surface area (Å²) in [5.74, 6) is 1.06. The van der Waals surface area contributed by atoms with Gasteiger partial charge in [0, 0.05) is 17.2 Å². The average molecular weight is 226 g/mol. The van der Waals surface area contributed by atoms with Gasteiger partial charge in [-0.1, -0.05) is 24.3 Å². The van der Waals surface area contributed by atoms with Gasteiger partial charge in [-0.2, -0.15) is 0 Å². The molecule has 1 aliphatic carbocycles. The minimum Gasteiger partial charge on any atom is -0.310 e. The van der Waals surface area contributed by atoms with Crippen LogP contribution in [0.15, 0.2) is 29.1 Å². The first-order valence-electron chi connectivity index (χ1n) is 5.82. The van der Waals surface area contributed by atoms with Crippen molar-refractivity contribution in [2.24, 2.45) is 0 Å². The summed E-state index contributed by atoms with van der Waals surface area (Å²) in [6.07, 6.45) is 0.974. The van der Waals surface area contributed by atoms with E-state index in [1.54, 1.807) is 6.92 Å². The Bertz CT molecular complexity index is 643. The molecule has 3 nitrogen and oxygen atoms in total. The predicted molar refractivity (Wildman–Crippen MR) is 66.3 cm³/mol.